The fourth-order valence-electron chi connectivity index (χ4n) is 2.25. The topological polar surface area (TPSA) is 49.8 Å². The minimum atomic E-state index is -0.442. The van der Waals surface area contributed by atoms with E-state index in [1.54, 1.807) is 0 Å². The minimum Gasteiger partial charge on any atom is -0.468 e. The zero-order chi connectivity index (χ0) is 12.3. The number of aliphatic hydroxyl groups is 1. The van der Waals surface area contributed by atoms with Gasteiger partial charge in [-0.3, -0.25) is 9.69 Å². The number of carbonyl (C=O) groups is 1. The van der Waals surface area contributed by atoms with Gasteiger partial charge in [0.1, 0.15) is 6.04 Å². The maximum Gasteiger partial charge on any atom is 0.323 e. The van der Waals surface area contributed by atoms with Gasteiger partial charge in [0, 0.05) is 19.5 Å². The monoisotopic (exact) mass is 235 g/mol. The van der Waals surface area contributed by atoms with Crippen LogP contribution in [0.2, 0.25) is 0 Å². The summed E-state index contributed by atoms with van der Waals surface area (Å²) in [4.78, 5) is 13.5. The Labute approximate surface area is 101 Å². The van der Waals surface area contributed by atoms with E-state index in [0.29, 0.717) is 19.5 Å². The van der Waals surface area contributed by atoms with Gasteiger partial charge in [0.15, 0.2) is 0 Å². The Morgan fingerprint density at radius 1 is 1.47 bits per heavy atom. The fourth-order valence-corrected chi connectivity index (χ4v) is 2.25. The van der Waals surface area contributed by atoms with Crippen LogP contribution in [0, 0.1) is 0 Å². The highest BCUT2D eigenvalue weighted by atomic mass is 16.5. The quantitative estimate of drug-likeness (QED) is 0.787. The van der Waals surface area contributed by atoms with E-state index in [1.807, 2.05) is 35.2 Å². The summed E-state index contributed by atoms with van der Waals surface area (Å²) >= 11 is 0. The van der Waals surface area contributed by atoms with E-state index in [9.17, 15) is 9.90 Å². The number of β-amino-alcohol motifs (C(OH)–C–C–N with tert-alkyl or cyclic N) is 1. The SMILES string of the molecule is COC(=O)[C@@H]1C[C@H](O)CN1Cc1ccccc1. The molecule has 1 aliphatic heterocycles. The lowest BCUT2D eigenvalue weighted by Crippen LogP contribution is -2.36. The van der Waals surface area contributed by atoms with Gasteiger partial charge in [0.25, 0.3) is 0 Å². The first-order chi connectivity index (χ1) is 8.20. The second-order valence-corrected chi connectivity index (χ2v) is 4.34. The van der Waals surface area contributed by atoms with Gasteiger partial charge in [-0.15, -0.1) is 0 Å². The highest BCUT2D eigenvalue weighted by Crippen LogP contribution is 2.21. The zero-order valence-corrected chi connectivity index (χ0v) is 9.87. The molecule has 1 heterocycles. The van der Waals surface area contributed by atoms with E-state index >= 15 is 0 Å². The van der Waals surface area contributed by atoms with Crippen molar-refractivity contribution in [2.75, 3.05) is 13.7 Å². The fraction of sp³-hybridized carbons (Fsp3) is 0.462. The number of rotatable bonds is 3. The lowest BCUT2D eigenvalue weighted by atomic mass is 10.2. The van der Waals surface area contributed by atoms with Gasteiger partial charge in [-0.1, -0.05) is 30.3 Å². The molecule has 2 atom stereocenters. The van der Waals surface area contributed by atoms with Crippen LogP contribution < -0.4 is 0 Å². The standard InChI is InChI=1S/C13H17NO3/c1-17-13(16)12-7-11(15)9-14(12)8-10-5-3-2-4-6-10/h2-6,11-12,15H,7-9H2,1H3/t11-,12-/m0/s1. The smallest absolute Gasteiger partial charge is 0.323 e. The van der Waals surface area contributed by atoms with Crippen molar-refractivity contribution < 1.29 is 14.6 Å². The molecule has 0 bridgehead atoms. The van der Waals surface area contributed by atoms with Gasteiger partial charge in [0.05, 0.1) is 13.2 Å². The summed E-state index contributed by atoms with van der Waals surface area (Å²) in [6.45, 7) is 1.19. The van der Waals surface area contributed by atoms with Crippen LogP contribution in [0.15, 0.2) is 30.3 Å². The Hall–Kier alpha value is -1.39. The Bertz CT molecular complexity index is 380. The summed E-state index contributed by atoms with van der Waals surface area (Å²) in [5.41, 5.74) is 1.13. The van der Waals surface area contributed by atoms with Gasteiger partial charge in [-0.25, -0.2) is 0 Å². The van der Waals surface area contributed by atoms with Crippen LogP contribution in [0.3, 0.4) is 0 Å². The number of methoxy groups -OCH3 is 1. The number of ether oxygens (including phenoxy) is 1. The van der Waals surface area contributed by atoms with Crippen molar-refractivity contribution in [3.8, 4) is 0 Å². The molecule has 17 heavy (non-hydrogen) atoms. The molecule has 1 aliphatic rings. The van der Waals surface area contributed by atoms with Crippen LogP contribution in [-0.4, -0.2) is 41.8 Å². The average molecular weight is 235 g/mol. The average Bonchev–Trinajstić information content (AvgIpc) is 2.70. The molecule has 0 radical (unpaired) electrons. The summed E-state index contributed by atoms with van der Waals surface area (Å²) < 4.78 is 4.76. The highest BCUT2D eigenvalue weighted by molar-refractivity contribution is 5.76. The first-order valence-corrected chi connectivity index (χ1v) is 5.74. The molecular weight excluding hydrogens is 218 g/mol. The Kier molecular flexibility index (Phi) is 3.76. The predicted molar refractivity (Wildman–Crippen MR) is 63.3 cm³/mol. The number of hydrogen-bond acceptors (Lipinski definition) is 4. The lowest BCUT2D eigenvalue weighted by Gasteiger charge is -2.21. The third-order valence-electron chi connectivity index (χ3n) is 3.08. The molecular formula is C13H17NO3. The number of hydrogen-bond donors (Lipinski definition) is 1. The maximum absolute atomic E-state index is 11.6. The summed E-state index contributed by atoms with van der Waals surface area (Å²) in [7, 11) is 1.38. The van der Waals surface area contributed by atoms with Gasteiger partial charge in [0.2, 0.25) is 0 Å². The molecule has 92 valence electrons. The molecule has 1 fully saturated rings. The van der Waals surface area contributed by atoms with E-state index in [1.165, 1.54) is 7.11 Å². The summed E-state index contributed by atoms with van der Waals surface area (Å²) in [6.07, 6.45) is 0.0160. The molecule has 0 aromatic heterocycles. The van der Waals surface area contributed by atoms with Crippen LogP contribution in [0.25, 0.3) is 0 Å². The van der Waals surface area contributed by atoms with Gasteiger partial charge in [-0.05, 0) is 5.56 Å². The van der Waals surface area contributed by atoms with E-state index in [2.05, 4.69) is 0 Å². The Morgan fingerprint density at radius 2 is 2.18 bits per heavy atom. The number of likely N-dealkylation sites (tertiary alicyclic amines) is 1. The first-order valence-electron chi connectivity index (χ1n) is 5.74. The largest absolute Gasteiger partial charge is 0.468 e. The molecule has 2 rings (SSSR count). The number of esters is 1. The molecule has 1 aromatic rings. The third kappa shape index (κ3) is 2.84. The number of benzene rings is 1. The van der Waals surface area contributed by atoms with E-state index < -0.39 is 6.10 Å². The second-order valence-electron chi connectivity index (χ2n) is 4.34. The first kappa shape index (κ1) is 12.1. The molecule has 0 amide bonds. The summed E-state index contributed by atoms with van der Waals surface area (Å²) in [5, 5.41) is 9.64. The molecule has 1 N–H and O–H groups in total. The van der Waals surface area contributed by atoms with Crippen molar-refractivity contribution in [2.24, 2.45) is 0 Å². The van der Waals surface area contributed by atoms with Crippen LogP contribution in [0.5, 0.6) is 0 Å². The maximum atomic E-state index is 11.6. The van der Waals surface area contributed by atoms with Gasteiger partial charge in [-0.2, -0.15) is 0 Å². The van der Waals surface area contributed by atoms with E-state index in [-0.39, 0.29) is 12.0 Å². The Morgan fingerprint density at radius 3 is 2.82 bits per heavy atom. The number of carbonyl (C=O) groups excluding carboxylic acids is 1. The predicted octanol–water partition coefficient (Wildman–Crippen LogP) is 0.795. The molecule has 4 nitrogen and oxygen atoms in total. The molecule has 0 spiro atoms. The third-order valence-corrected chi connectivity index (χ3v) is 3.08. The van der Waals surface area contributed by atoms with Crippen molar-refractivity contribution in [1.82, 2.24) is 4.90 Å². The van der Waals surface area contributed by atoms with Gasteiger partial charge < -0.3 is 9.84 Å². The second kappa shape index (κ2) is 5.29. The van der Waals surface area contributed by atoms with Crippen LogP contribution in [0.1, 0.15) is 12.0 Å². The van der Waals surface area contributed by atoms with E-state index in [4.69, 9.17) is 4.74 Å². The molecule has 0 unspecified atom stereocenters. The molecule has 0 aliphatic carbocycles. The highest BCUT2D eigenvalue weighted by Gasteiger charge is 2.36. The van der Waals surface area contributed by atoms with Crippen LogP contribution >= 0.6 is 0 Å². The summed E-state index contributed by atoms with van der Waals surface area (Å²) in [5.74, 6) is -0.266. The van der Waals surface area contributed by atoms with Crippen molar-refractivity contribution in [2.45, 2.75) is 25.1 Å². The zero-order valence-electron chi connectivity index (χ0n) is 9.87. The van der Waals surface area contributed by atoms with Crippen molar-refractivity contribution in [1.29, 1.82) is 0 Å². The summed E-state index contributed by atoms with van der Waals surface area (Å²) in [6, 6.07) is 9.59. The molecule has 0 saturated carbocycles. The van der Waals surface area contributed by atoms with E-state index in [0.717, 1.165) is 5.56 Å². The van der Waals surface area contributed by atoms with Gasteiger partial charge >= 0.3 is 5.97 Å². The minimum absolute atomic E-state index is 0.266. The molecule has 4 heteroatoms. The van der Waals surface area contributed by atoms with Crippen LogP contribution in [-0.2, 0) is 16.1 Å². The number of nitrogens with zero attached hydrogens (tertiary/aromatic N) is 1. The van der Waals surface area contributed by atoms with Crippen molar-refractivity contribution in [3.63, 3.8) is 0 Å². The normalized spacial score (nSPS) is 24.8. The van der Waals surface area contributed by atoms with Crippen LogP contribution in [0.4, 0.5) is 0 Å². The van der Waals surface area contributed by atoms with Crippen molar-refractivity contribution >= 4 is 5.97 Å². The number of aliphatic hydroxyl groups excluding tert-OH is 1. The molecule has 1 saturated heterocycles. The Balaban J connectivity index is 2.06. The molecule has 1 aromatic carbocycles. The van der Waals surface area contributed by atoms with Crippen molar-refractivity contribution in [3.05, 3.63) is 35.9 Å². The lowest BCUT2D eigenvalue weighted by molar-refractivity contribution is -0.146.